The van der Waals surface area contributed by atoms with Crippen LogP contribution in [0, 0.1) is 0 Å². The van der Waals surface area contributed by atoms with Crippen LogP contribution in [0.1, 0.15) is 61.4 Å². The average Bonchev–Trinajstić information content (AvgIpc) is 3.00. The molecule has 0 aliphatic heterocycles. The second kappa shape index (κ2) is 7.78. The van der Waals surface area contributed by atoms with Crippen molar-refractivity contribution in [3.63, 3.8) is 0 Å². The summed E-state index contributed by atoms with van der Waals surface area (Å²) in [6.45, 7) is 4.31. The van der Waals surface area contributed by atoms with E-state index < -0.39 is 0 Å². The van der Waals surface area contributed by atoms with Gasteiger partial charge in [-0.15, -0.1) is 0 Å². The van der Waals surface area contributed by atoms with Gasteiger partial charge in [0.1, 0.15) is 5.76 Å². The van der Waals surface area contributed by atoms with Crippen molar-refractivity contribution in [3.05, 3.63) is 53.2 Å². The van der Waals surface area contributed by atoms with Gasteiger partial charge in [0.05, 0.1) is 5.69 Å². The topological polar surface area (TPSA) is 29.3 Å². The second-order valence-corrected chi connectivity index (χ2v) is 6.75. The van der Waals surface area contributed by atoms with E-state index in [9.17, 15) is 0 Å². The lowest BCUT2D eigenvalue weighted by atomic mass is 10.0. The smallest absolute Gasteiger partial charge is 0.197 e. The lowest BCUT2D eigenvalue weighted by Crippen LogP contribution is -2.21. The standard InChI is InChI=1S/C20H28N2O/c1-3-17(20-21-18-11-7-8-12-19(18)23-20)13-14-22(2)15-16-9-5-4-6-10-16/h4-6,9-10,17H,3,7-8,11-15H2,1-2H3. The van der Waals surface area contributed by atoms with Gasteiger partial charge in [0.25, 0.3) is 0 Å². The van der Waals surface area contributed by atoms with E-state index in [0.29, 0.717) is 5.92 Å². The van der Waals surface area contributed by atoms with Gasteiger partial charge >= 0.3 is 0 Å². The maximum atomic E-state index is 6.08. The number of benzene rings is 1. The van der Waals surface area contributed by atoms with E-state index in [1.165, 1.54) is 24.1 Å². The lowest BCUT2D eigenvalue weighted by molar-refractivity contribution is 0.294. The fourth-order valence-electron chi connectivity index (χ4n) is 3.40. The van der Waals surface area contributed by atoms with E-state index in [-0.39, 0.29) is 0 Å². The zero-order chi connectivity index (χ0) is 16.1. The van der Waals surface area contributed by atoms with Crippen LogP contribution in [0.2, 0.25) is 0 Å². The van der Waals surface area contributed by atoms with Crippen LogP contribution >= 0.6 is 0 Å². The van der Waals surface area contributed by atoms with Crippen LogP contribution in [0.5, 0.6) is 0 Å². The highest BCUT2D eigenvalue weighted by Crippen LogP contribution is 2.29. The van der Waals surface area contributed by atoms with Gasteiger partial charge in [-0.2, -0.15) is 0 Å². The third-order valence-corrected chi connectivity index (χ3v) is 4.86. The first-order valence-corrected chi connectivity index (χ1v) is 8.97. The summed E-state index contributed by atoms with van der Waals surface area (Å²) in [5, 5.41) is 0. The predicted octanol–water partition coefficient (Wildman–Crippen LogP) is 4.57. The highest BCUT2D eigenvalue weighted by molar-refractivity contribution is 5.15. The Labute approximate surface area is 139 Å². The second-order valence-electron chi connectivity index (χ2n) is 6.75. The summed E-state index contributed by atoms with van der Waals surface area (Å²) in [5.41, 5.74) is 2.59. The van der Waals surface area contributed by atoms with Crippen LogP contribution in [-0.4, -0.2) is 23.5 Å². The molecule has 1 aromatic heterocycles. The first-order chi connectivity index (χ1) is 11.3. The van der Waals surface area contributed by atoms with Crippen molar-refractivity contribution < 1.29 is 4.42 Å². The Kier molecular flexibility index (Phi) is 5.50. The van der Waals surface area contributed by atoms with Gasteiger partial charge in [-0.25, -0.2) is 4.98 Å². The maximum absolute atomic E-state index is 6.08. The molecule has 1 aromatic carbocycles. The molecule has 0 saturated heterocycles. The van der Waals surface area contributed by atoms with Crippen LogP contribution in [0.25, 0.3) is 0 Å². The maximum Gasteiger partial charge on any atom is 0.197 e. The third-order valence-electron chi connectivity index (χ3n) is 4.86. The number of nitrogens with zero attached hydrogens (tertiary/aromatic N) is 2. The molecule has 0 bridgehead atoms. The minimum atomic E-state index is 0.443. The fraction of sp³-hybridized carbons (Fsp3) is 0.550. The Hall–Kier alpha value is -1.61. The summed E-state index contributed by atoms with van der Waals surface area (Å²) in [6.07, 6.45) is 6.89. The van der Waals surface area contributed by atoms with Crippen LogP contribution in [-0.2, 0) is 19.4 Å². The molecule has 1 atom stereocenters. The molecular weight excluding hydrogens is 284 g/mol. The Morgan fingerprint density at radius 2 is 1.96 bits per heavy atom. The molecule has 0 fully saturated rings. The zero-order valence-electron chi connectivity index (χ0n) is 14.4. The molecule has 0 radical (unpaired) electrons. The number of hydrogen-bond acceptors (Lipinski definition) is 3. The van der Waals surface area contributed by atoms with Gasteiger partial charge in [0.2, 0.25) is 0 Å². The molecule has 3 heteroatoms. The first kappa shape index (κ1) is 16.3. The van der Waals surface area contributed by atoms with E-state index in [1.54, 1.807) is 0 Å². The molecule has 23 heavy (non-hydrogen) atoms. The molecule has 0 spiro atoms. The van der Waals surface area contributed by atoms with Crippen LogP contribution in [0.3, 0.4) is 0 Å². The molecule has 1 aliphatic carbocycles. The number of rotatable bonds is 7. The number of fused-ring (bicyclic) bond motifs is 1. The van der Waals surface area contributed by atoms with Crippen LogP contribution < -0.4 is 0 Å². The molecule has 0 amide bonds. The van der Waals surface area contributed by atoms with Gasteiger partial charge in [-0.05, 0) is 51.3 Å². The van der Waals surface area contributed by atoms with Crippen molar-refractivity contribution in [2.75, 3.05) is 13.6 Å². The summed E-state index contributed by atoms with van der Waals surface area (Å²) in [6, 6.07) is 10.7. The molecule has 1 aliphatic rings. The van der Waals surface area contributed by atoms with E-state index in [4.69, 9.17) is 9.40 Å². The van der Waals surface area contributed by atoms with Gasteiger partial charge in [0.15, 0.2) is 5.89 Å². The van der Waals surface area contributed by atoms with Crippen LogP contribution in [0.4, 0.5) is 0 Å². The lowest BCUT2D eigenvalue weighted by Gasteiger charge is -2.19. The highest BCUT2D eigenvalue weighted by Gasteiger charge is 2.22. The minimum Gasteiger partial charge on any atom is -0.445 e. The number of oxazole rings is 1. The van der Waals surface area contributed by atoms with Crippen LogP contribution in [0.15, 0.2) is 34.7 Å². The molecule has 1 heterocycles. The summed E-state index contributed by atoms with van der Waals surface area (Å²) in [7, 11) is 2.19. The normalized spacial score (nSPS) is 15.6. The van der Waals surface area contributed by atoms with Crippen molar-refractivity contribution >= 4 is 0 Å². The van der Waals surface area contributed by atoms with Crippen molar-refractivity contribution in [1.29, 1.82) is 0 Å². The SMILES string of the molecule is CCC(CCN(C)Cc1ccccc1)c1nc2c(o1)CCCC2. The molecular formula is C20H28N2O. The largest absolute Gasteiger partial charge is 0.445 e. The van der Waals surface area contributed by atoms with Gasteiger partial charge in [0, 0.05) is 18.9 Å². The van der Waals surface area contributed by atoms with Gasteiger partial charge < -0.3 is 9.32 Å². The zero-order valence-corrected chi connectivity index (χ0v) is 14.4. The minimum absolute atomic E-state index is 0.443. The number of hydrogen-bond donors (Lipinski definition) is 0. The van der Waals surface area contributed by atoms with E-state index >= 15 is 0 Å². The Morgan fingerprint density at radius 1 is 1.17 bits per heavy atom. The van der Waals surface area contributed by atoms with Crippen molar-refractivity contribution in [1.82, 2.24) is 9.88 Å². The third kappa shape index (κ3) is 4.23. The van der Waals surface area contributed by atoms with E-state index in [0.717, 1.165) is 50.4 Å². The summed E-state index contributed by atoms with van der Waals surface area (Å²) in [4.78, 5) is 7.19. The monoisotopic (exact) mass is 312 g/mol. The van der Waals surface area contributed by atoms with Crippen molar-refractivity contribution in [2.24, 2.45) is 0 Å². The molecule has 3 nitrogen and oxygen atoms in total. The summed E-state index contributed by atoms with van der Waals surface area (Å²) in [5.74, 6) is 2.58. The molecule has 0 N–H and O–H groups in total. The molecule has 2 aromatic rings. The Bertz CT molecular complexity index is 582. The quantitative estimate of drug-likeness (QED) is 0.750. The Balaban J connectivity index is 1.56. The predicted molar refractivity (Wildman–Crippen MR) is 93.6 cm³/mol. The highest BCUT2D eigenvalue weighted by atomic mass is 16.4. The first-order valence-electron chi connectivity index (χ1n) is 8.97. The fourth-order valence-corrected chi connectivity index (χ4v) is 3.40. The van der Waals surface area contributed by atoms with Crippen molar-refractivity contribution in [2.45, 2.75) is 57.9 Å². The average molecular weight is 312 g/mol. The van der Waals surface area contributed by atoms with E-state index in [2.05, 4.69) is 49.2 Å². The molecule has 3 rings (SSSR count). The van der Waals surface area contributed by atoms with Gasteiger partial charge in [-0.1, -0.05) is 37.3 Å². The Morgan fingerprint density at radius 3 is 2.70 bits per heavy atom. The van der Waals surface area contributed by atoms with Crippen molar-refractivity contribution in [3.8, 4) is 0 Å². The number of aromatic nitrogens is 1. The molecule has 0 saturated carbocycles. The molecule has 1 unspecified atom stereocenters. The molecule has 124 valence electrons. The van der Waals surface area contributed by atoms with E-state index in [1.807, 2.05) is 0 Å². The van der Waals surface area contributed by atoms with Gasteiger partial charge in [-0.3, -0.25) is 0 Å². The summed E-state index contributed by atoms with van der Waals surface area (Å²) < 4.78 is 6.08. The summed E-state index contributed by atoms with van der Waals surface area (Å²) >= 11 is 0. The number of aryl methyl sites for hydroxylation is 2.